The van der Waals surface area contributed by atoms with E-state index in [0.29, 0.717) is 12.8 Å². The third-order valence-corrected chi connectivity index (χ3v) is 7.11. The SMILES string of the molecule is CC/C=C\C/C=C\C/C=C\CCCCCCCC(=O)OC(CCC)CCCCCCCCCCCCC(=O)O. The molecule has 0 saturated carbocycles. The predicted molar refractivity (Wildman–Crippen MR) is 167 cm³/mol. The number of hydrogen-bond donors (Lipinski definition) is 1. The van der Waals surface area contributed by atoms with Crippen LogP contribution in [0.5, 0.6) is 0 Å². The van der Waals surface area contributed by atoms with Crippen LogP contribution in [0.1, 0.15) is 168 Å². The minimum absolute atomic E-state index is 0.00187. The molecule has 39 heavy (non-hydrogen) atoms. The summed E-state index contributed by atoms with van der Waals surface area (Å²) in [4.78, 5) is 22.8. The monoisotopic (exact) mass is 546 g/mol. The molecule has 4 heteroatoms. The Morgan fingerprint density at radius 1 is 0.590 bits per heavy atom. The van der Waals surface area contributed by atoms with Crippen LogP contribution >= 0.6 is 0 Å². The highest BCUT2D eigenvalue weighted by Crippen LogP contribution is 2.17. The van der Waals surface area contributed by atoms with E-state index in [9.17, 15) is 9.59 Å². The normalized spacial score (nSPS) is 12.7. The molecule has 0 bridgehead atoms. The minimum atomic E-state index is -0.679. The topological polar surface area (TPSA) is 63.6 Å². The second-order valence-electron chi connectivity index (χ2n) is 11.0. The Kier molecular flexibility index (Phi) is 29.2. The molecule has 0 radical (unpaired) electrons. The molecule has 1 unspecified atom stereocenters. The molecule has 0 aliphatic carbocycles. The maximum atomic E-state index is 12.3. The molecule has 1 atom stereocenters. The van der Waals surface area contributed by atoms with Crippen LogP contribution in [0, 0.1) is 0 Å². The van der Waals surface area contributed by atoms with Crippen molar-refractivity contribution in [2.75, 3.05) is 0 Å². The lowest BCUT2D eigenvalue weighted by Gasteiger charge is -2.17. The summed E-state index contributed by atoms with van der Waals surface area (Å²) in [5, 5.41) is 8.65. The molecular formula is C35H62O4. The van der Waals surface area contributed by atoms with Gasteiger partial charge in [0.15, 0.2) is 0 Å². The van der Waals surface area contributed by atoms with Crippen LogP contribution < -0.4 is 0 Å². The maximum Gasteiger partial charge on any atom is 0.306 e. The van der Waals surface area contributed by atoms with Crippen molar-refractivity contribution in [1.82, 2.24) is 0 Å². The molecule has 0 aliphatic heterocycles. The zero-order chi connectivity index (χ0) is 28.7. The fourth-order valence-corrected chi connectivity index (χ4v) is 4.78. The van der Waals surface area contributed by atoms with Gasteiger partial charge in [0.25, 0.3) is 0 Å². The predicted octanol–water partition coefficient (Wildman–Crippen LogP) is 11.1. The minimum Gasteiger partial charge on any atom is -0.481 e. The molecule has 0 aliphatic rings. The van der Waals surface area contributed by atoms with Crippen LogP contribution in [0.3, 0.4) is 0 Å². The Morgan fingerprint density at radius 2 is 1.08 bits per heavy atom. The molecular weight excluding hydrogens is 484 g/mol. The smallest absolute Gasteiger partial charge is 0.306 e. The lowest BCUT2D eigenvalue weighted by Crippen LogP contribution is -2.18. The number of unbranched alkanes of at least 4 members (excludes halogenated alkanes) is 14. The van der Waals surface area contributed by atoms with E-state index in [2.05, 4.69) is 50.3 Å². The maximum absolute atomic E-state index is 12.3. The van der Waals surface area contributed by atoms with Gasteiger partial charge < -0.3 is 9.84 Å². The number of aliphatic carboxylic acids is 1. The fourth-order valence-electron chi connectivity index (χ4n) is 4.78. The Bertz CT molecular complexity index is 635. The van der Waals surface area contributed by atoms with Crippen molar-refractivity contribution in [2.45, 2.75) is 174 Å². The lowest BCUT2D eigenvalue weighted by molar-refractivity contribution is -0.150. The van der Waals surface area contributed by atoms with Gasteiger partial charge in [0.2, 0.25) is 0 Å². The second kappa shape index (κ2) is 30.7. The van der Waals surface area contributed by atoms with Gasteiger partial charge in [0.05, 0.1) is 0 Å². The molecule has 0 aromatic heterocycles. The first-order chi connectivity index (χ1) is 19.1. The van der Waals surface area contributed by atoms with Gasteiger partial charge >= 0.3 is 11.9 Å². The van der Waals surface area contributed by atoms with Crippen molar-refractivity contribution in [3.8, 4) is 0 Å². The Hall–Kier alpha value is -1.84. The molecule has 0 spiro atoms. The highest BCUT2D eigenvalue weighted by molar-refractivity contribution is 5.69. The highest BCUT2D eigenvalue weighted by atomic mass is 16.5. The van der Waals surface area contributed by atoms with Crippen molar-refractivity contribution >= 4 is 11.9 Å². The van der Waals surface area contributed by atoms with Gasteiger partial charge in [-0.1, -0.05) is 127 Å². The molecule has 0 amide bonds. The number of rotatable bonds is 29. The quantitative estimate of drug-likeness (QED) is 0.0575. The summed E-state index contributed by atoms with van der Waals surface area (Å²) in [5.74, 6) is -0.681. The summed E-state index contributed by atoms with van der Waals surface area (Å²) >= 11 is 0. The van der Waals surface area contributed by atoms with Gasteiger partial charge in [-0.2, -0.15) is 0 Å². The van der Waals surface area contributed by atoms with Gasteiger partial charge in [-0.3, -0.25) is 9.59 Å². The van der Waals surface area contributed by atoms with Gasteiger partial charge in [0, 0.05) is 12.8 Å². The van der Waals surface area contributed by atoms with E-state index in [4.69, 9.17) is 9.84 Å². The standard InChI is InChI=1S/C35H62O4/c1-3-5-6-7-8-9-10-11-12-13-14-19-22-25-28-32-35(38)39-33(29-4-2)30-26-23-20-17-15-16-18-21-24-27-31-34(36)37/h5-6,8-9,11-12,33H,3-4,7,10,13-32H2,1-2H3,(H,36,37)/b6-5-,9-8-,12-11-. The highest BCUT2D eigenvalue weighted by Gasteiger charge is 2.13. The molecule has 0 fully saturated rings. The number of allylic oxidation sites excluding steroid dienone is 6. The van der Waals surface area contributed by atoms with Gasteiger partial charge in [0.1, 0.15) is 6.10 Å². The van der Waals surface area contributed by atoms with Crippen molar-refractivity contribution in [1.29, 1.82) is 0 Å². The van der Waals surface area contributed by atoms with E-state index in [1.54, 1.807) is 0 Å². The first-order valence-corrected chi connectivity index (χ1v) is 16.5. The summed E-state index contributed by atoms with van der Waals surface area (Å²) in [6.07, 6.45) is 39.2. The van der Waals surface area contributed by atoms with Crippen LogP contribution in [-0.2, 0) is 14.3 Å². The first-order valence-electron chi connectivity index (χ1n) is 16.5. The van der Waals surface area contributed by atoms with Crippen LogP contribution in [0.2, 0.25) is 0 Å². The van der Waals surface area contributed by atoms with E-state index in [1.807, 2.05) is 0 Å². The number of carboxylic acids is 1. The van der Waals surface area contributed by atoms with Gasteiger partial charge in [-0.15, -0.1) is 0 Å². The largest absolute Gasteiger partial charge is 0.481 e. The average molecular weight is 547 g/mol. The molecule has 0 heterocycles. The molecule has 0 aromatic rings. The molecule has 1 N–H and O–H groups in total. The van der Waals surface area contributed by atoms with Crippen LogP contribution in [0.25, 0.3) is 0 Å². The zero-order valence-corrected chi connectivity index (χ0v) is 25.7. The van der Waals surface area contributed by atoms with E-state index in [1.165, 1.54) is 57.8 Å². The zero-order valence-electron chi connectivity index (χ0n) is 25.7. The second-order valence-corrected chi connectivity index (χ2v) is 11.0. The van der Waals surface area contributed by atoms with E-state index in [-0.39, 0.29) is 12.1 Å². The van der Waals surface area contributed by atoms with Gasteiger partial charge in [-0.25, -0.2) is 0 Å². The van der Waals surface area contributed by atoms with E-state index < -0.39 is 5.97 Å². The Balaban J connectivity index is 3.63. The fraction of sp³-hybridized carbons (Fsp3) is 0.771. The molecule has 0 saturated heterocycles. The Morgan fingerprint density at radius 3 is 1.64 bits per heavy atom. The van der Waals surface area contributed by atoms with E-state index in [0.717, 1.165) is 83.5 Å². The lowest BCUT2D eigenvalue weighted by atomic mass is 10.0. The summed E-state index contributed by atoms with van der Waals surface area (Å²) < 4.78 is 5.82. The third kappa shape index (κ3) is 30.6. The summed E-state index contributed by atoms with van der Waals surface area (Å²) in [6.45, 7) is 4.33. The van der Waals surface area contributed by atoms with Crippen molar-refractivity contribution in [3.63, 3.8) is 0 Å². The Labute approximate surface area is 241 Å². The first kappa shape index (κ1) is 37.2. The molecule has 4 nitrogen and oxygen atoms in total. The number of ether oxygens (including phenoxy) is 1. The van der Waals surface area contributed by atoms with Crippen molar-refractivity contribution in [2.24, 2.45) is 0 Å². The van der Waals surface area contributed by atoms with Gasteiger partial charge in [-0.05, 0) is 64.2 Å². The van der Waals surface area contributed by atoms with E-state index >= 15 is 0 Å². The van der Waals surface area contributed by atoms with Crippen molar-refractivity contribution in [3.05, 3.63) is 36.5 Å². The summed E-state index contributed by atoms with van der Waals surface area (Å²) in [7, 11) is 0. The van der Waals surface area contributed by atoms with Crippen LogP contribution in [0.4, 0.5) is 0 Å². The van der Waals surface area contributed by atoms with Crippen molar-refractivity contribution < 1.29 is 19.4 Å². The number of carbonyl (C=O) groups excluding carboxylic acids is 1. The number of hydrogen-bond acceptors (Lipinski definition) is 3. The number of carbonyl (C=O) groups is 2. The molecule has 226 valence electrons. The number of esters is 1. The van der Waals surface area contributed by atoms with Crippen LogP contribution in [-0.4, -0.2) is 23.1 Å². The number of carboxylic acid groups (broad SMARTS) is 1. The summed E-state index contributed by atoms with van der Waals surface area (Å²) in [6, 6.07) is 0. The summed E-state index contributed by atoms with van der Waals surface area (Å²) in [5.41, 5.74) is 0. The average Bonchev–Trinajstić information content (AvgIpc) is 2.91. The molecule has 0 aromatic carbocycles. The van der Waals surface area contributed by atoms with Crippen LogP contribution in [0.15, 0.2) is 36.5 Å². The third-order valence-electron chi connectivity index (χ3n) is 7.11. The molecule has 0 rings (SSSR count).